The van der Waals surface area contributed by atoms with Gasteiger partial charge in [-0.15, -0.1) is 0 Å². The molecule has 0 saturated carbocycles. The van der Waals surface area contributed by atoms with Crippen molar-refractivity contribution in [2.75, 3.05) is 0 Å². The van der Waals surface area contributed by atoms with Crippen LogP contribution in [0, 0.1) is 12.8 Å². The van der Waals surface area contributed by atoms with Crippen molar-refractivity contribution >= 4 is 23.1 Å². The number of amides is 1. The Bertz CT molecular complexity index is 789. The van der Waals surface area contributed by atoms with Crippen molar-refractivity contribution < 1.29 is 11.6 Å². The van der Waals surface area contributed by atoms with E-state index in [2.05, 4.69) is 0 Å². The fraction of sp³-hybridized carbons (Fsp3) is 0.400. The topological polar surface area (TPSA) is 43.1 Å². The average molecular weight is 267 g/mol. The summed E-state index contributed by atoms with van der Waals surface area (Å²) in [6.45, 7) is 1.65. The number of primary amides is 1. The van der Waals surface area contributed by atoms with E-state index in [9.17, 15) is 4.79 Å². The summed E-state index contributed by atoms with van der Waals surface area (Å²) in [7, 11) is 0. The van der Waals surface area contributed by atoms with Gasteiger partial charge in [-0.25, -0.2) is 0 Å². The Kier molecular flexibility index (Phi) is 1.68. The van der Waals surface area contributed by atoms with E-state index in [1.54, 1.807) is 6.92 Å². The van der Waals surface area contributed by atoms with E-state index in [4.69, 9.17) is 24.2 Å². The number of rotatable bonds is 1. The van der Waals surface area contributed by atoms with Crippen LogP contribution in [0.4, 0.5) is 0 Å². The number of nitrogens with two attached hydrogens (primary N) is 1. The first-order valence-corrected chi connectivity index (χ1v) is 6.22. The summed E-state index contributed by atoms with van der Waals surface area (Å²) in [5.74, 6) is -3.22. The smallest absolute Gasteiger partial charge is 0.224 e. The van der Waals surface area contributed by atoms with E-state index in [-0.39, 0.29) is 35.5 Å². The molecule has 94 valence electrons. The summed E-state index contributed by atoms with van der Waals surface area (Å²) in [6, 6.07) is 0.261. The Hall–Kier alpha value is -1.28. The molecule has 0 saturated heterocycles. The van der Waals surface area contributed by atoms with Gasteiger partial charge < -0.3 is 5.73 Å². The molecule has 2 aliphatic rings. The molecule has 2 N–H and O–H groups in total. The summed E-state index contributed by atoms with van der Waals surface area (Å²) >= 11 is 6.14. The van der Waals surface area contributed by atoms with Gasteiger partial charge in [0, 0.05) is 9.13 Å². The van der Waals surface area contributed by atoms with Crippen LogP contribution < -0.4 is 5.73 Å². The second-order valence-corrected chi connectivity index (χ2v) is 4.97. The largest absolute Gasteiger partial charge is 0.369 e. The number of allylic oxidation sites excluding steroid dienone is 1. The number of hydrogen-bond acceptors (Lipinski definition) is 1. The second kappa shape index (κ2) is 4.13. The first kappa shape index (κ1) is 7.34. The van der Waals surface area contributed by atoms with Gasteiger partial charge in [-0.3, -0.25) is 4.79 Å². The van der Waals surface area contributed by atoms with Crippen LogP contribution in [-0.2, 0) is 11.2 Å². The highest BCUT2D eigenvalue weighted by Crippen LogP contribution is 2.45. The van der Waals surface area contributed by atoms with Crippen LogP contribution in [0.5, 0.6) is 0 Å². The lowest BCUT2D eigenvalue weighted by molar-refractivity contribution is -0.121. The van der Waals surface area contributed by atoms with E-state index >= 15 is 0 Å². The minimum Gasteiger partial charge on any atom is -0.369 e. The van der Waals surface area contributed by atoms with Gasteiger partial charge in [-0.1, -0.05) is 17.6 Å². The maximum absolute atomic E-state index is 11.9. The first-order chi connectivity index (χ1) is 10.5. The van der Waals surface area contributed by atoms with Crippen molar-refractivity contribution in [2.24, 2.45) is 11.6 Å². The summed E-state index contributed by atoms with van der Waals surface area (Å²) in [6.07, 6.45) is -1.72. The highest BCUT2D eigenvalue weighted by molar-refractivity contribution is 6.31. The van der Waals surface area contributed by atoms with Gasteiger partial charge in [0.2, 0.25) is 5.91 Å². The highest BCUT2D eigenvalue weighted by atomic mass is 35.5. The molecule has 1 aromatic rings. The molecule has 3 rings (SSSR count). The molecule has 0 bridgehead atoms. The lowest BCUT2D eigenvalue weighted by Crippen LogP contribution is -2.27. The van der Waals surface area contributed by atoms with Gasteiger partial charge >= 0.3 is 0 Å². The number of fused-ring (bicyclic) bond motifs is 2. The standard InChI is InChI=1S/C15H16ClNO/c1-8-5-9-6-13-10(12(9)7-14(8)16)3-2-4-11(13)15(17)18/h5,7,11H,2-4,6H2,1H3,(H2,17,18)/i4D2,5D,7D,11D. The first-order valence-electron chi connectivity index (χ1n) is 8.35. The fourth-order valence-electron chi connectivity index (χ4n) is 2.62. The molecule has 1 unspecified atom stereocenters. The molecule has 0 aromatic heterocycles. The van der Waals surface area contributed by atoms with Gasteiger partial charge in [-0.2, -0.15) is 0 Å². The summed E-state index contributed by atoms with van der Waals surface area (Å²) < 4.78 is 41.1. The summed E-state index contributed by atoms with van der Waals surface area (Å²) in [5, 5.41) is 0.186. The number of carbonyl (C=O) groups is 1. The van der Waals surface area contributed by atoms with Crippen LogP contribution in [0.2, 0.25) is 5.02 Å². The lowest BCUT2D eigenvalue weighted by atomic mass is 9.82. The number of halogens is 1. The van der Waals surface area contributed by atoms with Crippen LogP contribution in [0.1, 0.15) is 42.8 Å². The zero-order valence-electron chi connectivity index (χ0n) is 15.0. The predicted octanol–water partition coefficient (Wildman–Crippen LogP) is 3.24. The molecule has 1 aromatic carbocycles. The van der Waals surface area contributed by atoms with Gasteiger partial charge in [0.05, 0.1) is 8.64 Å². The number of hydrogen-bond donors (Lipinski definition) is 1. The zero-order chi connectivity index (χ0) is 17.3. The summed E-state index contributed by atoms with van der Waals surface area (Å²) in [5.41, 5.74) is 7.75. The van der Waals surface area contributed by atoms with Crippen molar-refractivity contribution in [3.63, 3.8) is 0 Å². The minimum absolute atomic E-state index is 0.0318. The second-order valence-electron chi connectivity index (χ2n) is 4.59. The van der Waals surface area contributed by atoms with Crippen LogP contribution in [0.25, 0.3) is 5.57 Å². The highest BCUT2D eigenvalue weighted by Gasteiger charge is 2.33. The molecule has 2 nitrogen and oxygen atoms in total. The molecule has 0 radical (unpaired) electrons. The van der Waals surface area contributed by atoms with Crippen LogP contribution in [-0.4, -0.2) is 5.91 Å². The van der Waals surface area contributed by atoms with Gasteiger partial charge in [0.1, 0.15) is 0 Å². The van der Waals surface area contributed by atoms with Gasteiger partial charge in [0.15, 0.2) is 0 Å². The quantitative estimate of drug-likeness (QED) is 0.833. The normalized spacial score (nSPS) is 32.7. The Morgan fingerprint density at radius 1 is 1.67 bits per heavy atom. The minimum atomic E-state index is -2.18. The Morgan fingerprint density at radius 2 is 2.44 bits per heavy atom. The van der Waals surface area contributed by atoms with Crippen LogP contribution in [0.3, 0.4) is 0 Å². The average Bonchev–Trinajstić information content (AvgIpc) is 2.87. The predicted molar refractivity (Wildman–Crippen MR) is 73.3 cm³/mol. The molecule has 2 aliphatic carbocycles. The van der Waals surface area contributed by atoms with Crippen LogP contribution >= 0.6 is 11.6 Å². The Labute approximate surface area is 119 Å². The molecule has 0 aliphatic heterocycles. The molecule has 1 atom stereocenters. The third-order valence-electron chi connectivity index (χ3n) is 3.45. The van der Waals surface area contributed by atoms with Crippen LogP contribution in [0.15, 0.2) is 17.7 Å². The maximum Gasteiger partial charge on any atom is 0.224 e. The molecular weight excluding hydrogens is 246 g/mol. The van der Waals surface area contributed by atoms with E-state index in [1.807, 2.05) is 0 Å². The molecule has 3 heteroatoms. The Morgan fingerprint density at radius 3 is 3.17 bits per heavy atom. The molecule has 18 heavy (non-hydrogen) atoms. The molecule has 0 heterocycles. The third kappa shape index (κ3) is 1.67. The van der Waals surface area contributed by atoms with Crippen molar-refractivity contribution in [2.45, 2.75) is 32.6 Å². The molecule has 0 fully saturated rings. The fourth-order valence-corrected chi connectivity index (χ4v) is 2.76. The van der Waals surface area contributed by atoms with Crippen molar-refractivity contribution in [3.05, 3.63) is 39.4 Å². The Balaban J connectivity index is 2.32. The van der Waals surface area contributed by atoms with E-state index in [0.717, 1.165) is 0 Å². The number of carbonyl (C=O) groups excluding carboxylic acids is 1. The van der Waals surface area contributed by atoms with Crippen molar-refractivity contribution in [1.82, 2.24) is 0 Å². The van der Waals surface area contributed by atoms with E-state index < -0.39 is 18.2 Å². The maximum atomic E-state index is 11.9. The summed E-state index contributed by atoms with van der Waals surface area (Å²) in [4.78, 5) is 11.9. The van der Waals surface area contributed by atoms with E-state index in [1.165, 1.54) is 0 Å². The van der Waals surface area contributed by atoms with Gasteiger partial charge in [0.25, 0.3) is 0 Å². The molecule has 1 amide bonds. The SMILES string of the molecule is [2H]c1c(C)c(Cl)c([2H])c2c1CC1=C2CCC([2H])([2H])C1([2H])C(N)=O. The zero-order valence-corrected chi connectivity index (χ0v) is 10.7. The van der Waals surface area contributed by atoms with Crippen molar-refractivity contribution in [1.29, 1.82) is 0 Å². The molecular formula is C15H16ClNO. The van der Waals surface area contributed by atoms with Gasteiger partial charge in [-0.05, 0) is 66.4 Å². The number of benzene rings is 1. The van der Waals surface area contributed by atoms with Crippen molar-refractivity contribution in [3.8, 4) is 0 Å². The monoisotopic (exact) mass is 266 g/mol. The third-order valence-corrected chi connectivity index (χ3v) is 3.83. The molecule has 0 spiro atoms. The van der Waals surface area contributed by atoms with E-state index in [0.29, 0.717) is 28.7 Å². The lowest BCUT2D eigenvalue weighted by Gasteiger charge is -2.22.